The first-order chi connectivity index (χ1) is 11.3. The lowest BCUT2D eigenvalue weighted by Gasteiger charge is -2.17. The number of halogens is 1. The lowest BCUT2D eigenvalue weighted by atomic mass is 9.99. The van der Waals surface area contributed by atoms with E-state index in [2.05, 4.69) is 11.8 Å². The first kappa shape index (κ1) is 18.1. The predicted molar refractivity (Wildman–Crippen MR) is 96.2 cm³/mol. The molecule has 0 bridgehead atoms. The average molecular weight is 343 g/mol. The number of carboxylic acids is 1. The number of hydrogen-bond acceptors (Lipinski definition) is 2. The maximum Gasteiger partial charge on any atom is 0.329 e. The van der Waals surface area contributed by atoms with Crippen LogP contribution >= 0.6 is 11.6 Å². The van der Waals surface area contributed by atoms with Gasteiger partial charge in [0.25, 0.3) is 0 Å². The second-order valence-corrected chi connectivity index (χ2v) is 6.42. The number of benzene rings is 2. The third kappa shape index (κ3) is 5.13. The summed E-state index contributed by atoms with van der Waals surface area (Å²) in [4.78, 5) is 10.6. The molecule has 0 saturated carbocycles. The Morgan fingerprint density at radius 1 is 1.17 bits per heavy atom. The predicted octanol–water partition coefficient (Wildman–Crippen LogP) is 4.55. The number of carbonyl (C=O) groups is 1. The quantitative estimate of drug-likeness (QED) is 0.829. The molecule has 0 spiro atoms. The van der Waals surface area contributed by atoms with Crippen LogP contribution in [0.4, 0.5) is 0 Å². The van der Waals surface area contributed by atoms with E-state index < -0.39 is 11.6 Å². The third-order valence-electron chi connectivity index (χ3n) is 3.47. The van der Waals surface area contributed by atoms with Gasteiger partial charge in [0.05, 0.1) is 0 Å². The molecule has 0 radical (unpaired) electrons. The Morgan fingerprint density at radius 2 is 1.79 bits per heavy atom. The van der Waals surface area contributed by atoms with E-state index in [4.69, 9.17) is 21.4 Å². The topological polar surface area (TPSA) is 46.5 Å². The van der Waals surface area contributed by atoms with Crippen LogP contribution in [0, 0.1) is 18.8 Å². The van der Waals surface area contributed by atoms with Gasteiger partial charge in [-0.05, 0) is 55.7 Å². The van der Waals surface area contributed by atoms with Crippen molar-refractivity contribution in [3.05, 3.63) is 58.6 Å². The van der Waals surface area contributed by atoms with Crippen molar-refractivity contribution in [1.82, 2.24) is 0 Å². The molecule has 2 rings (SSSR count). The summed E-state index contributed by atoms with van der Waals surface area (Å²) in [5, 5.41) is 9.40. The van der Waals surface area contributed by atoms with Crippen molar-refractivity contribution in [3.63, 3.8) is 0 Å². The summed E-state index contributed by atoms with van der Waals surface area (Å²) in [6, 6.07) is 13.7. The largest absolute Gasteiger partial charge is 0.480 e. The molecule has 0 aromatic heterocycles. The highest BCUT2D eigenvalue weighted by molar-refractivity contribution is 6.30. The van der Waals surface area contributed by atoms with Crippen LogP contribution in [0.1, 0.15) is 25.0 Å². The Labute approximate surface area is 147 Å². The second-order valence-electron chi connectivity index (χ2n) is 5.98. The Morgan fingerprint density at radius 3 is 2.42 bits per heavy atom. The van der Waals surface area contributed by atoms with Gasteiger partial charge in [-0.1, -0.05) is 47.7 Å². The zero-order chi connectivity index (χ0) is 17.7. The summed E-state index contributed by atoms with van der Waals surface area (Å²) >= 11 is 5.93. The third-order valence-corrected chi connectivity index (χ3v) is 3.72. The highest BCUT2D eigenvalue weighted by Gasteiger charge is 2.16. The first-order valence-corrected chi connectivity index (χ1v) is 7.90. The number of aryl methyl sites for hydroxylation is 1. The van der Waals surface area contributed by atoms with Gasteiger partial charge in [0.1, 0.15) is 12.2 Å². The van der Waals surface area contributed by atoms with Crippen LogP contribution in [0.15, 0.2) is 42.5 Å². The van der Waals surface area contributed by atoms with E-state index in [1.807, 2.05) is 49.4 Å². The monoisotopic (exact) mass is 342 g/mol. The van der Waals surface area contributed by atoms with Crippen LogP contribution in [0.25, 0.3) is 11.1 Å². The van der Waals surface area contributed by atoms with Gasteiger partial charge < -0.3 is 9.84 Å². The zero-order valence-electron chi connectivity index (χ0n) is 13.9. The van der Waals surface area contributed by atoms with Crippen molar-refractivity contribution in [3.8, 4) is 23.0 Å². The van der Waals surface area contributed by atoms with Gasteiger partial charge in [0.15, 0.2) is 0 Å². The van der Waals surface area contributed by atoms with E-state index >= 15 is 0 Å². The number of aliphatic carboxylic acids is 1. The number of carboxylic acid groups (broad SMARTS) is 1. The van der Waals surface area contributed by atoms with E-state index in [-0.39, 0.29) is 6.61 Å². The Balaban J connectivity index is 2.28. The maximum atomic E-state index is 10.6. The maximum absolute atomic E-state index is 10.6. The van der Waals surface area contributed by atoms with Gasteiger partial charge in [0.2, 0.25) is 0 Å². The summed E-state index contributed by atoms with van der Waals surface area (Å²) in [5.41, 5.74) is 3.21. The lowest BCUT2D eigenvalue weighted by Crippen LogP contribution is -2.25. The molecule has 0 amide bonds. The van der Waals surface area contributed by atoms with E-state index in [0.29, 0.717) is 5.02 Å². The summed E-state index contributed by atoms with van der Waals surface area (Å²) < 4.78 is 5.29. The van der Waals surface area contributed by atoms with Crippen molar-refractivity contribution >= 4 is 17.6 Å². The smallest absolute Gasteiger partial charge is 0.329 e. The van der Waals surface area contributed by atoms with Crippen LogP contribution in [0.2, 0.25) is 5.02 Å². The van der Waals surface area contributed by atoms with Gasteiger partial charge >= 0.3 is 5.97 Å². The van der Waals surface area contributed by atoms with E-state index in [9.17, 15) is 4.79 Å². The number of hydrogen-bond donors (Lipinski definition) is 1. The fraction of sp³-hybridized carbons (Fsp3) is 0.250. The molecular formula is C20H19ClO3. The van der Waals surface area contributed by atoms with Gasteiger partial charge in [-0.2, -0.15) is 0 Å². The number of rotatable bonds is 4. The normalized spacial score (nSPS) is 10.8. The molecule has 0 unspecified atom stereocenters. The standard InChI is InChI=1S/C20H19ClO3/c1-14-4-5-17(15-6-8-18(21)9-7-15)12-16(14)10-11-20(2,3)24-13-19(22)23/h4-9,12H,13H2,1-3H3,(H,22,23). The van der Waals surface area contributed by atoms with Crippen LogP contribution < -0.4 is 0 Å². The minimum absolute atomic E-state index is 0.370. The van der Waals surface area contributed by atoms with E-state index in [0.717, 1.165) is 22.3 Å². The highest BCUT2D eigenvalue weighted by Crippen LogP contribution is 2.24. The molecule has 4 heteroatoms. The van der Waals surface area contributed by atoms with Gasteiger partial charge in [-0.3, -0.25) is 0 Å². The molecule has 3 nitrogen and oxygen atoms in total. The van der Waals surface area contributed by atoms with Crippen LogP contribution in [0.5, 0.6) is 0 Å². The second kappa shape index (κ2) is 7.53. The Bertz CT molecular complexity index is 796. The van der Waals surface area contributed by atoms with Crippen molar-refractivity contribution in [2.45, 2.75) is 26.4 Å². The highest BCUT2D eigenvalue weighted by atomic mass is 35.5. The van der Waals surface area contributed by atoms with Crippen molar-refractivity contribution < 1.29 is 14.6 Å². The molecule has 24 heavy (non-hydrogen) atoms. The molecule has 2 aromatic carbocycles. The molecule has 0 heterocycles. The minimum Gasteiger partial charge on any atom is -0.480 e. The molecule has 2 aromatic rings. The zero-order valence-corrected chi connectivity index (χ0v) is 14.6. The van der Waals surface area contributed by atoms with Crippen LogP contribution in [0.3, 0.4) is 0 Å². The molecule has 0 atom stereocenters. The molecule has 0 aliphatic rings. The fourth-order valence-electron chi connectivity index (χ4n) is 2.07. The minimum atomic E-state index is -1.01. The van der Waals surface area contributed by atoms with Crippen LogP contribution in [-0.4, -0.2) is 23.3 Å². The van der Waals surface area contributed by atoms with Crippen molar-refractivity contribution in [2.75, 3.05) is 6.61 Å². The number of ether oxygens (including phenoxy) is 1. The van der Waals surface area contributed by atoms with E-state index in [1.165, 1.54) is 0 Å². The van der Waals surface area contributed by atoms with Gasteiger partial charge in [-0.25, -0.2) is 4.79 Å². The van der Waals surface area contributed by atoms with Crippen molar-refractivity contribution in [1.29, 1.82) is 0 Å². The summed E-state index contributed by atoms with van der Waals surface area (Å²) in [5.74, 6) is 5.10. The van der Waals surface area contributed by atoms with Crippen molar-refractivity contribution in [2.24, 2.45) is 0 Å². The fourth-order valence-corrected chi connectivity index (χ4v) is 2.20. The Kier molecular flexibility index (Phi) is 5.66. The van der Waals surface area contributed by atoms with E-state index in [1.54, 1.807) is 13.8 Å². The summed E-state index contributed by atoms with van der Waals surface area (Å²) in [7, 11) is 0. The summed E-state index contributed by atoms with van der Waals surface area (Å²) in [6.45, 7) is 5.12. The van der Waals surface area contributed by atoms with Gasteiger partial charge in [0, 0.05) is 10.6 Å². The summed E-state index contributed by atoms with van der Waals surface area (Å²) in [6.07, 6.45) is 0. The molecule has 0 fully saturated rings. The Hall–Kier alpha value is -2.28. The van der Waals surface area contributed by atoms with Crippen LogP contribution in [-0.2, 0) is 9.53 Å². The van der Waals surface area contributed by atoms with Gasteiger partial charge in [-0.15, -0.1) is 0 Å². The molecule has 0 saturated heterocycles. The molecule has 0 aliphatic heterocycles. The molecule has 0 aliphatic carbocycles. The lowest BCUT2D eigenvalue weighted by molar-refractivity contribution is -0.145. The molecule has 124 valence electrons. The molecular weight excluding hydrogens is 324 g/mol. The molecule has 1 N–H and O–H groups in total. The SMILES string of the molecule is Cc1ccc(-c2ccc(Cl)cc2)cc1C#CC(C)(C)OCC(=O)O. The average Bonchev–Trinajstić information content (AvgIpc) is 2.53. The first-order valence-electron chi connectivity index (χ1n) is 7.52.